The quantitative estimate of drug-likeness (QED) is 0.602. The SMILES string of the molecule is Nc1cc(F)cc(-c2ccc(C(F)(F)F)cc2)c1. The summed E-state index contributed by atoms with van der Waals surface area (Å²) in [6.07, 6.45) is -4.38. The van der Waals surface area contributed by atoms with Crippen molar-refractivity contribution in [2.45, 2.75) is 6.18 Å². The van der Waals surface area contributed by atoms with E-state index in [2.05, 4.69) is 0 Å². The first kappa shape index (κ1) is 12.4. The average Bonchev–Trinajstić information content (AvgIpc) is 2.27. The van der Waals surface area contributed by atoms with Gasteiger partial charge in [-0.15, -0.1) is 0 Å². The summed E-state index contributed by atoms with van der Waals surface area (Å²) in [5, 5.41) is 0. The van der Waals surface area contributed by atoms with Crippen LogP contribution in [0.25, 0.3) is 11.1 Å². The van der Waals surface area contributed by atoms with Gasteiger partial charge in [-0.2, -0.15) is 13.2 Å². The summed E-state index contributed by atoms with van der Waals surface area (Å²) in [5.74, 6) is -0.523. The Balaban J connectivity index is 2.40. The molecule has 0 saturated carbocycles. The molecule has 0 saturated heterocycles. The molecule has 0 heterocycles. The third-order valence-corrected chi connectivity index (χ3v) is 2.47. The van der Waals surface area contributed by atoms with E-state index in [1.54, 1.807) is 0 Å². The number of benzene rings is 2. The van der Waals surface area contributed by atoms with Crippen LogP contribution in [0.2, 0.25) is 0 Å². The monoisotopic (exact) mass is 255 g/mol. The lowest BCUT2D eigenvalue weighted by molar-refractivity contribution is -0.137. The highest BCUT2D eigenvalue weighted by Crippen LogP contribution is 2.31. The van der Waals surface area contributed by atoms with Gasteiger partial charge in [0.1, 0.15) is 5.82 Å². The molecule has 0 aliphatic heterocycles. The molecule has 0 amide bonds. The largest absolute Gasteiger partial charge is 0.416 e. The second kappa shape index (κ2) is 4.33. The Morgan fingerprint density at radius 3 is 1.94 bits per heavy atom. The molecule has 0 unspecified atom stereocenters. The fourth-order valence-corrected chi connectivity index (χ4v) is 1.63. The summed E-state index contributed by atoms with van der Waals surface area (Å²) < 4.78 is 50.2. The molecule has 0 spiro atoms. The minimum absolute atomic E-state index is 0.227. The molecule has 0 fully saturated rings. The van der Waals surface area contributed by atoms with Crippen LogP contribution in [-0.4, -0.2) is 0 Å². The standard InChI is InChI=1S/C13H9F4N/c14-11-5-9(6-12(18)7-11)8-1-3-10(4-2-8)13(15,16)17/h1-7H,18H2. The number of nitrogens with two attached hydrogens (primary N) is 1. The Bertz CT molecular complexity index is 538. The minimum atomic E-state index is -4.38. The number of hydrogen-bond donors (Lipinski definition) is 1. The molecule has 0 aliphatic rings. The van der Waals surface area contributed by atoms with Crippen molar-refractivity contribution in [2.24, 2.45) is 0 Å². The Hall–Kier alpha value is -2.04. The first-order valence-corrected chi connectivity index (χ1v) is 5.10. The minimum Gasteiger partial charge on any atom is -0.399 e. The van der Waals surface area contributed by atoms with Crippen molar-refractivity contribution in [3.63, 3.8) is 0 Å². The lowest BCUT2D eigenvalue weighted by atomic mass is 10.0. The predicted octanol–water partition coefficient (Wildman–Crippen LogP) is 4.09. The summed E-state index contributed by atoms with van der Waals surface area (Å²) in [6.45, 7) is 0. The number of hydrogen-bond acceptors (Lipinski definition) is 1. The third-order valence-electron chi connectivity index (χ3n) is 2.47. The highest BCUT2D eigenvalue weighted by atomic mass is 19.4. The molecule has 0 radical (unpaired) electrons. The van der Waals surface area contributed by atoms with Crippen molar-refractivity contribution in [3.05, 3.63) is 53.8 Å². The van der Waals surface area contributed by atoms with E-state index in [4.69, 9.17) is 5.73 Å². The molecular formula is C13H9F4N. The Labute approximate surface area is 101 Å². The van der Waals surface area contributed by atoms with E-state index in [9.17, 15) is 17.6 Å². The maximum absolute atomic E-state index is 13.1. The normalized spacial score (nSPS) is 11.6. The van der Waals surface area contributed by atoms with Crippen molar-refractivity contribution in [2.75, 3.05) is 5.73 Å². The predicted molar refractivity (Wildman–Crippen MR) is 61.3 cm³/mol. The van der Waals surface area contributed by atoms with Crippen LogP contribution in [0, 0.1) is 5.82 Å². The topological polar surface area (TPSA) is 26.0 Å². The van der Waals surface area contributed by atoms with Crippen molar-refractivity contribution < 1.29 is 17.6 Å². The number of alkyl halides is 3. The zero-order valence-corrected chi connectivity index (χ0v) is 9.13. The molecule has 0 aromatic heterocycles. The van der Waals surface area contributed by atoms with E-state index in [-0.39, 0.29) is 5.69 Å². The van der Waals surface area contributed by atoms with Crippen LogP contribution < -0.4 is 5.73 Å². The molecule has 2 aromatic rings. The van der Waals surface area contributed by atoms with E-state index in [0.717, 1.165) is 18.2 Å². The van der Waals surface area contributed by atoms with Crippen molar-refractivity contribution in [1.82, 2.24) is 0 Å². The van der Waals surface area contributed by atoms with Gasteiger partial charge in [-0.3, -0.25) is 0 Å². The summed E-state index contributed by atoms with van der Waals surface area (Å²) in [5.41, 5.74) is 5.89. The van der Waals surface area contributed by atoms with E-state index in [1.807, 2.05) is 0 Å². The van der Waals surface area contributed by atoms with Gasteiger partial charge < -0.3 is 5.73 Å². The summed E-state index contributed by atoms with van der Waals surface area (Å²) in [6, 6.07) is 8.36. The van der Waals surface area contributed by atoms with Crippen LogP contribution in [0.3, 0.4) is 0 Å². The second-order valence-corrected chi connectivity index (χ2v) is 3.85. The smallest absolute Gasteiger partial charge is 0.399 e. The van der Waals surface area contributed by atoms with Crippen LogP contribution in [-0.2, 0) is 6.18 Å². The zero-order chi connectivity index (χ0) is 13.3. The van der Waals surface area contributed by atoms with Crippen molar-refractivity contribution in [3.8, 4) is 11.1 Å². The van der Waals surface area contributed by atoms with Gasteiger partial charge in [0.15, 0.2) is 0 Å². The number of halogens is 4. The first-order chi connectivity index (χ1) is 8.36. The van der Waals surface area contributed by atoms with Crippen molar-refractivity contribution in [1.29, 1.82) is 0 Å². The van der Waals surface area contributed by atoms with E-state index in [0.29, 0.717) is 11.1 Å². The lowest BCUT2D eigenvalue weighted by Gasteiger charge is -2.08. The Morgan fingerprint density at radius 2 is 1.44 bits per heavy atom. The number of rotatable bonds is 1. The van der Waals surface area contributed by atoms with Crippen LogP contribution in [0.1, 0.15) is 5.56 Å². The van der Waals surface area contributed by atoms with Gasteiger partial charge in [0.25, 0.3) is 0 Å². The maximum Gasteiger partial charge on any atom is 0.416 e. The highest BCUT2D eigenvalue weighted by Gasteiger charge is 2.29. The maximum atomic E-state index is 13.1. The molecule has 0 bridgehead atoms. The molecule has 0 atom stereocenters. The Kier molecular flexibility index (Phi) is 2.98. The fraction of sp³-hybridized carbons (Fsp3) is 0.0769. The molecule has 94 valence electrons. The molecule has 5 heteroatoms. The van der Waals surface area contributed by atoms with Gasteiger partial charge in [0, 0.05) is 5.69 Å². The molecule has 2 N–H and O–H groups in total. The summed E-state index contributed by atoms with van der Waals surface area (Å²) >= 11 is 0. The van der Waals surface area contributed by atoms with Gasteiger partial charge in [-0.1, -0.05) is 12.1 Å². The van der Waals surface area contributed by atoms with E-state index < -0.39 is 17.6 Å². The second-order valence-electron chi connectivity index (χ2n) is 3.85. The van der Waals surface area contributed by atoms with Gasteiger partial charge in [-0.25, -0.2) is 4.39 Å². The summed E-state index contributed by atoms with van der Waals surface area (Å²) in [4.78, 5) is 0. The first-order valence-electron chi connectivity index (χ1n) is 5.10. The third kappa shape index (κ3) is 2.61. The van der Waals surface area contributed by atoms with Crippen LogP contribution in [0.4, 0.5) is 23.2 Å². The average molecular weight is 255 g/mol. The molecule has 1 nitrogen and oxygen atoms in total. The van der Waals surface area contributed by atoms with Gasteiger partial charge in [-0.05, 0) is 41.5 Å². The highest BCUT2D eigenvalue weighted by molar-refractivity contribution is 5.67. The van der Waals surface area contributed by atoms with Crippen LogP contribution in [0.5, 0.6) is 0 Å². The van der Waals surface area contributed by atoms with Crippen LogP contribution in [0.15, 0.2) is 42.5 Å². The number of anilines is 1. The lowest BCUT2D eigenvalue weighted by Crippen LogP contribution is -2.04. The molecular weight excluding hydrogens is 246 g/mol. The molecule has 2 aromatic carbocycles. The number of nitrogen functional groups attached to an aromatic ring is 1. The van der Waals surface area contributed by atoms with Gasteiger partial charge >= 0.3 is 6.18 Å². The molecule has 18 heavy (non-hydrogen) atoms. The molecule has 2 rings (SSSR count). The van der Waals surface area contributed by atoms with E-state index in [1.165, 1.54) is 24.3 Å². The van der Waals surface area contributed by atoms with E-state index >= 15 is 0 Å². The van der Waals surface area contributed by atoms with Gasteiger partial charge in [0.05, 0.1) is 5.56 Å². The zero-order valence-electron chi connectivity index (χ0n) is 9.13. The van der Waals surface area contributed by atoms with Crippen molar-refractivity contribution >= 4 is 5.69 Å². The summed E-state index contributed by atoms with van der Waals surface area (Å²) in [7, 11) is 0. The molecule has 0 aliphatic carbocycles. The Morgan fingerprint density at radius 1 is 0.833 bits per heavy atom. The fourth-order valence-electron chi connectivity index (χ4n) is 1.63. The van der Waals surface area contributed by atoms with Gasteiger partial charge in [0.2, 0.25) is 0 Å². The van der Waals surface area contributed by atoms with Crippen LogP contribution >= 0.6 is 0 Å².